The Morgan fingerprint density at radius 3 is 2.71 bits per heavy atom. The van der Waals surface area contributed by atoms with E-state index in [0.717, 1.165) is 47.7 Å². The minimum atomic E-state index is 0.0216. The monoisotopic (exact) mass is 389 g/mol. The summed E-state index contributed by atoms with van der Waals surface area (Å²) < 4.78 is 1.01. The SMILES string of the molecule is Cc1cc(Br)ccc1NC(=O)CN1CCN(c2cnccn2)CC1. The molecule has 24 heavy (non-hydrogen) atoms. The van der Waals surface area contributed by atoms with Crippen molar-refractivity contribution in [1.82, 2.24) is 14.9 Å². The molecule has 1 saturated heterocycles. The normalized spacial score (nSPS) is 15.3. The van der Waals surface area contributed by atoms with Crippen LogP contribution in [0.25, 0.3) is 0 Å². The van der Waals surface area contributed by atoms with E-state index in [1.54, 1.807) is 18.6 Å². The van der Waals surface area contributed by atoms with Crippen molar-refractivity contribution in [3.05, 3.63) is 46.8 Å². The van der Waals surface area contributed by atoms with Crippen molar-refractivity contribution in [3.8, 4) is 0 Å². The third-order valence-electron chi connectivity index (χ3n) is 4.08. The molecule has 1 amide bonds. The van der Waals surface area contributed by atoms with Crippen LogP contribution in [-0.4, -0.2) is 53.5 Å². The van der Waals surface area contributed by atoms with Gasteiger partial charge in [0.05, 0.1) is 12.7 Å². The lowest BCUT2D eigenvalue weighted by molar-refractivity contribution is -0.117. The van der Waals surface area contributed by atoms with Gasteiger partial charge >= 0.3 is 0 Å². The lowest BCUT2D eigenvalue weighted by atomic mass is 10.2. The van der Waals surface area contributed by atoms with Crippen molar-refractivity contribution >= 4 is 33.3 Å². The first-order valence-electron chi connectivity index (χ1n) is 7.91. The highest BCUT2D eigenvalue weighted by Gasteiger charge is 2.20. The molecule has 0 atom stereocenters. The van der Waals surface area contributed by atoms with E-state index in [-0.39, 0.29) is 5.91 Å². The van der Waals surface area contributed by atoms with Crippen LogP contribution in [0.1, 0.15) is 5.56 Å². The van der Waals surface area contributed by atoms with Gasteiger partial charge in [-0.2, -0.15) is 0 Å². The Hall–Kier alpha value is -1.99. The quantitative estimate of drug-likeness (QED) is 0.868. The van der Waals surface area contributed by atoms with Crippen LogP contribution in [0.2, 0.25) is 0 Å². The van der Waals surface area contributed by atoms with Gasteiger partial charge in [0.1, 0.15) is 5.82 Å². The molecule has 0 bridgehead atoms. The Morgan fingerprint density at radius 1 is 1.25 bits per heavy atom. The van der Waals surface area contributed by atoms with Crippen molar-refractivity contribution < 1.29 is 4.79 Å². The van der Waals surface area contributed by atoms with Gasteiger partial charge in [-0.15, -0.1) is 0 Å². The van der Waals surface area contributed by atoms with Crippen molar-refractivity contribution in [2.75, 3.05) is 42.9 Å². The number of amides is 1. The third-order valence-corrected chi connectivity index (χ3v) is 4.57. The first kappa shape index (κ1) is 16.9. The van der Waals surface area contributed by atoms with E-state index in [1.807, 2.05) is 25.1 Å². The number of anilines is 2. The minimum Gasteiger partial charge on any atom is -0.353 e. The third kappa shape index (κ3) is 4.30. The Kier molecular flexibility index (Phi) is 5.42. The number of carbonyl (C=O) groups excluding carboxylic acids is 1. The average Bonchev–Trinajstić information content (AvgIpc) is 2.59. The fourth-order valence-corrected chi connectivity index (χ4v) is 3.23. The molecule has 1 aliphatic heterocycles. The largest absolute Gasteiger partial charge is 0.353 e. The number of aryl methyl sites for hydroxylation is 1. The van der Waals surface area contributed by atoms with Gasteiger partial charge in [-0.05, 0) is 30.7 Å². The Balaban J connectivity index is 1.50. The number of aromatic nitrogens is 2. The molecule has 1 aliphatic rings. The van der Waals surface area contributed by atoms with Gasteiger partial charge in [0.25, 0.3) is 0 Å². The van der Waals surface area contributed by atoms with E-state index in [2.05, 4.69) is 41.0 Å². The molecule has 126 valence electrons. The van der Waals surface area contributed by atoms with Crippen LogP contribution in [0, 0.1) is 6.92 Å². The molecular formula is C17H20BrN5O. The number of benzene rings is 1. The van der Waals surface area contributed by atoms with Crippen molar-refractivity contribution in [2.24, 2.45) is 0 Å². The Labute approximate surface area is 150 Å². The summed E-state index contributed by atoms with van der Waals surface area (Å²) in [5, 5.41) is 2.99. The summed E-state index contributed by atoms with van der Waals surface area (Å²) in [4.78, 5) is 25.1. The number of halogens is 1. The van der Waals surface area contributed by atoms with E-state index in [9.17, 15) is 4.79 Å². The van der Waals surface area contributed by atoms with Crippen LogP contribution in [-0.2, 0) is 4.79 Å². The second-order valence-corrected chi connectivity index (χ2v) is 6.75. The van der Waals surface area contributed by atoms with E-state index < -0.39 is 0 Å². The fraction of sp³-hybridized carbons (Fsp3) is 0.353. The van der Waals surface area contributed by atoms with Crippen molar-refractivity contribution in [3.63, 3.8) is 0 Å². The number of hydrogen-bond acceptors (Lipinski definition) is 5. The second-order valence-electron chi connectivity index (χ2n) is 5.83. The summed E-state index contributed by atoms with van der Waals surface area (Å²) in [5.74, 6) is 0.917. The molecule has 0 unspecified atom stereocenters. The number of hydrogen-bond donors (Lipinski definition) is 1. The molecule has 6 nitrogen and oxygen atoms in total. The smallest absolute Gasteiger partial charge is 0.238 e. The zero-order valence-corrected chi connectivity index (χ0v) is 15.2. The van der Waals surface area contributed by atoms with Gasteiger partial charge in [0.15, 0.2) is 0 Å². The molecule has 1 aromatic heterocycles. The van der Waals surface area contributed by atoms with Gasteiger partial charge in [0.2, 0.25) is 5.91 Å². The predicted octanol–water partition coefficient (Wildman–Crippen LogP) is 2.31. The fourth-order valence-electron chi connectivity index (χ4n) is 2.75. The van der Waals surface area contributed by atoms with Gasteiger partial charge < -0.3 is 10.2 Å². The van der Waals surface area contributed by atoms with Crippen molar-refractivity contribution in [1.29, 1.82) is 0 Å². The zero-order chi connectivity index (χ0) is 16.9. The van der Waals surface area contributed by atoms with Gasteiger partial charge in [0, 0.05) is 48.7 Å². The summed E-state index contributed by atoms with van der Waals surface area (Å²) in [5.41, 5.74) is 1.91. The van der Waals surface area contributed by atoms with Crippen LogP contribution in [0.15, 0.2) is 41.3 Å². The highest BCUT2D eigenvalue weighted by molar-refractivity contribution is 9.10. The highest BCUT2D eigenvalue weighted by Crippen LogP contribution is 2.20. The van der Waals surface area contributed by atoms with Gasteiger partial charge in [-0.25, -0.2) is 4.98 Å². The maximum Gasteiger partial charge on any atom is 0.238 e. The highest BCUT2D eigenvalue weighted by atomic mass is 79.9. The molecule has 3 rings (SSSR count). The summed E-state index contributed by atoms with van der Waals surface area (Å²) in [7, 11) is 0. The molecular weight excluding hydrogens is 370 g/mol. The van der Waals surface area contributed by atoms with E-state index in [1.165, 1.54) is 0 Å². The Bertz CT molecular complexity index is 701. The maximum atomic E-state index is 12.3. The van der Waals surface area contributed by atoms with Crippen molar-refractivity contribution in [2.45, 2.75) is 6.92 Å². The van der Waals surface area contributed by atoms with Crippen LogP contribution < -0.4 is 10.2 Å². The molecule has 2 heterocycles. The topological polar surface area (TPSA) is 61.4 Å². The molecule has 1 N–H and O–H groups in total. The molecule has 0 saturated carbocycles. The van der Waals surface area contributed by atoms with Crippen LogP contribution in [0.4, 0.5) is 11.5 Å². The Morgan fingerprint density at radius 2 is 2.04 bits per heavy atom. The molecule has 1 aromatic carbocycles. The number of piperazine rings is 1. The molecule has 1 fully saturated rings. The van der Waals surface area contributed by atoms with E-state index in [4.69, 9.17) is 0 Å². The first-order chi connectivity index (χ1) is 11.6. The first-order valence-corrected chi connectivity index (χ1v) is 8.70. The number of nitrogens with zero attached hydrogens (tertiary/aromatic N) is 4. The summed E-state index contributed by atoms with van der Waals surface area (Å²) in [6.45, 7) is 5.77. The molecule has 0 aliphatic carbocycles. The van der Waals surface area contributed by atoms with Crippen LogP contribution in [0.3, 0.4) is 0 Å². The lowest BCUT2D eigenvalue weighted by Gasteiger charge is -2.34. The molecule has 0 spiro atoms. The minimum absolute atomic E-state index is 0.0216. The summed E-state index contributed by atoms with van der Waals surface area (Å²) in [6.07, 6.45) is 5.16. The van der Waals surface area contributed by atoms with Gasteiger partial charge in [-0.1, -0.05) is 15.9 Å². The molecule has 7 heteroatoms. The van der Waals surface area contributed by atoms with E-state index in [0.29, 0.717) is 6.54 Å². The van der Waals surface area contributed by atoms with Gasteiger partial charge in [-0.3, -0.25) is 14.7 Å². The molecule has 2 aromatic rings. The standard InChI is InChI=1S/C17H20BrN5O/c1-13-10-14(18)2-3-15(13)21-17(24)12-22-6-8-23(9-7-22)16-11-19-4-5-20-16/h2-5,10-11H,6-9,12H2,1H3,(H,21,24). The number of carbonyl (C=O) groups is 1. The lowest BCUT2D eigenvalue weighted by Crippen LogP contribution is -2.49. The zero-order valence-electron chi connectivity index (χ0n) is 13.6. The predicted molar refractivity (Wildman–Crippen MR) is 98.2 cm³/mol. The van der Waals surface area contributed by atoms with Crippen LogP contribution >= 0.6 is 15.9 Å². The summed E-state index contributed by atoms with van der Waals surface area (Å²) in [6, 6.07) is 5.85. The average molecular weight is 390 g/mol. The summed E-state index contributed by atoms with van der Waals surface area (Å²) >= 11 is 3.43. The van der Waals surface area contributed by atoms with E-state index >= 15 is 0 Å². The molecule has 0 radical (unpaired) electrons. The second kappa shape index (κ2) is 7.72. The number of rotatable bonds is 4. The number of nitrogens with one attached hydrogen (secondary N) is 1. The van der Waals surface area contributed by atoms with Crippen LogP contribution in [0.5, 0.6) is 0 Å². The maximum absolute atomic E-state index is 12.3.